The molecule has 0 N–H and O–H groups in total. The van der Waals surface area contributed by atoms with Crippen molar-refractivity contribution in [2.45, 2.75) is 6.10 Å². The van der Waals surface area contributed by atoms with Crippen LogP contribution in [-0.4, -0.2) is 54.6 Å². The quantitative estimate of drug-likeness (QED) is 0.610. The minimum absolute atomic E-state index is 0.0951. The van der Waals surface area contributed by atoms with Gasteiger partial charge in [0.2, 0.25) is 6.10 Å². The van der Waals surface area contributed by atoms with E-state index in [9.17, 15) is 19.2 Å². The van der Waals surface area contributed by atoms with Gasteiger partial charge in [-0.3, -0.25) is 19.3 Å². The summed E-state index contributed by atoms with van der Waals surface area (Å²) in [7, 11) is 4.52. The van der Waals surface area contributed by atoms with Gasteiger partial charge in [0.1, 0.15) is 0 Å². The van der Waals surface area contributed by atoms with Gasteiger partial charge in [-0.15, -0.1) is 0 Å². The average Bonchev–Trinajstić information content (AvgIpc) is 2.89. The minimum atomic E-state index is -1.11. The number of fused-ring (bicyclic) bond motifs is 1. The highest BCUT2D eigenvalue weighted by Crippen LogP contribution is 2.25. The normalized spacial score (nSPS) is 14.0. The molecule has 3 rings (SSSR count). The molecule has 2 aromatic carbocycles. The molecule has 0 saturated carbocycles. The first-order valence-electron chi connectivity index (χ1n) is 8.24. The first kappa shape index (κ1) is 18.3. The lowest BCUT2D eigenvalue weighted by Gasteiger charge is -2.21. The molecule has 0 aliphatic carbocycles. The highest BCUT2D eigenvalue weighted by molar-refractivity contribution is 6.21. The summed E-state index contributed by atoms with van der Waals surface area (Å²) in [5.74, 6) is -2.04. The maximum Gasteiger partial charge on any atom is 0.339 e. The highest BCUT2D eigenvalue weighted by atomic mass is 16.5. The molecule has 0 bridgehead atoms. The second kappa shape index (κ2) is 7.03. The molecule has 0 aromatic heterocycles. The summed E-state index contributed by atoms with van der Waals surface area (Å²) in [5.41, 5.74) is 1.02. The second-order valence-corrected chi connectivity index (χ2v) is 6.36. The van der Waals surface area contributed by atoms with Crippen molar-refractivity contribution in [3.63, 3.8) is 0 Å². The number of nitrogens with zero attached hydrogens (tertiary/aromatic N) is 2. The molecule has 3 amide bonds. The van der Waals surface area contributed by atoms with E-state index in [1.807, 2.05) is 0 Å². The van der Waals surface area contributed by atoms with Crippen molar-refractivity contribution in [2.24, 2.45) is 0 Å². The number of esters is 1. The Kier molecular flexibility index (Phi) is 4.77. The van der Waals surface area contributed by atoms with Crippen LogP contribution in [0.15, 0.2) is 48.5 Å². The van der Waals surface area contributed by atoms with Crippen LogP contribution in [0.3, 0.4) is 0 Å². The lowest BCUT2D eigenvalue weighted by atomic mass is 10.1. The molecule has 27 heavy (non-hydrogen) atoms. The number of rotatable bonds is 4. The Hall–Kier alpha value is -3.48. The number of carbonyl (C=O) groups is 4. The summed E-state index contributed by atoms with van der Waals surface area (Å²) >= 11 is 0. The molecule has 1 heterocycles. The monoisotopic (exact) mass is 366 g/mol. The lowest BCUT2D eigenvalue weighted by Crippen LogP contribution is -2.31. The van der Waals surface area contributed by atoms with Crippen molar-refractivity contribution in [3.8, 4) is 0 Å². The Labute approximate surface area is 156 Å². The smallest absolute Gasteiger partial charge is 0.339 e. The van der Waals surface area contributed by atoms with Crippen LogP contribution in [0.5, 0.6) is 0 Å². The van der Waals surface area contributed by atoms with Gasteiger partial charge in [-0.2, -0.15) is 0 Å². The van der Waals surface area contributed by atoms with E-state index < -0.39 is 23.9 Å². The van der Waals surface area contributed by atoms with Crippen molar-refractivity contribution < 1.29 is 23.9 Å². The van der Waals surface area contributed by atoms with Gasteiger partial charge < -0.3 is 9.64 Å². The van der Waals surface area contributed by atoms with E-state index in [0.29, 0.717) is 5.56 Å². The first-order chi connectivity index (χ1) is 12.8. The molecule has 1 aliphatic heterocycles. The molecule has 1 aliphatic rings. The van der Waals surface area contributed by atoms with Gasteiger partial charge >= 0.3 is 5.97 Å². The van der Waals surface area contributed by atoms with Gasteiger partial charge in [0, 0.05) is 26.7 Å². The van der Waals surface area contributed by atoms with Crippen LogP contribution in [0.2, 0.25) is 0 Å². The van der Waals surface area contributed by atoms with Crippen LogP contribution in [0.4, 0.5) is 0 Å². The molecule has 0 saturated heterocycles. The summed E-state index contributed by atoms with van der Waals surface area (Å²) in [6, 6.07) is 12.8. The van der Waals surface area contributed by atoms with Gasteiger partial charge in [-0.25, -0.2) is 4.79 Å². The van der Waals surface area contributed by atoms with E-state index in [2.05, 4.69) is 0 Å². The van der Waals surface area contributed by atoms with Gasteiger partial charge in [-0.05, 0) is 18.2 Å². The fourth-order valence-corrected chi connectivity index (χ4v) is 2.79. The number of imide groups is 1. The Balaban J connectivity index is 1.90. The van der Waals surface area contributed by atoms with Crippen LogP contribution in [0, 0.1) is 0 Å². The Morgan fingerprint density at radius 2 is 1.59 bits per heavy atom. The minimum Gasteiger partial charge on any atom is -0.444 e. The summed E-state index contributed by atoms with van der Waals surface area (Å²) in [6.07, 6.45) is -1.11. The number of ether oxygens (including phenoxy) is 1. The first-order valence-corrected chi connectivity index (χ1v) is 8.24. The molecular weight excluding hydrogens is 348 g/mol. The van der Waals surface area contributed by atoms with E-state index in [1.54, 1.807) is 44.4 Å². The van der Waals surface area contributed by atoms with Gasteiger partial charge in [0.15, 0.2) is 0 Å². The van der Waals surface area contributed by atoms with E-state index in [-0.39, 0.29) is 22.6 Å². The zero-order valence-corrected chi connectivity index (χ0v) is 15.1. The summed E-state index contributed by atoms with van der Waals surface area (Å²) < 4.78 is 5.45. The third-order valence-corrected chi connectivity index (χ3v) is 4.32. The molecule has 7 heteroatoms. The van der Waals surface area contributed by atoms with E-state index in [0.717, 1.165) is 4.90 Å². The fourth-order valence-electron chi connectivity index (χ4n) is 2.79. The van der Waals surface area contributed by atoms with Gasteiger partial charge in [-0.1, -0.05) is 30.3 Å². The summed E-state index contributed by atoms with van der Waals surface area (Å²) in [4.78, 5) is 51.5. The molecule has 1 atom stereocenters. The highest BCUT2D eigenvalue weighted by Gasteiger charge is 2.34. The van der Waals surface area contributed by atoms with Gasteiger partial charge in [0.25, 0.3) is 17.7 Å². The Bertz CT molecular complexity index is 937. The largest absolute Gasteiger partial charge is 0.444 e. The maximum absolute atomic E-state index is 12.6. The number of carbonyl (C=O) groups excluding carboxylic acids is 4. The summed E-state index contributed by atoms with van der Waals surface area (Å²) in [5, 5.41) is 0. The molecule has 2 aromatic rings. The molecule has 0 radical (unpaired) electrons. The number of hydrogen-bond donors (Lipinski definition) is 0. The van der Waals surface area contributed by atoms with E-state index >= 15 is 0 Å². The van der Waals surface area contributed by atoms with E-state index in [1.165, 1.54) is 30.1 Å². The SMILES string of the molecule is CN(C)C(=O)[C@@H](OC(=O)c1ccc2c(c1)C(=O)N(C)C2=O)c1ccccc1. The number of hydrogen-bond acceptors (Lipinski definition) is 5. The predicted octanol–water partition coefficient (Wildman–Crippen LogP) is 1.90. The standard InChI is InChI=1S/C20H18N2O5/c1-21(2)19(25)16(12-7-5-4-6-8-12)27-20(26)13-9-10-14-15(11-13)18(24)22(3)17(14)23/h4-11,16H,1-3H3/t16-/m0/s1. The number of benzene rings is 2. The number of likely N-dealkylation sites (N-methyl/N-ethyl adjacent to an activating group) is 1. The lowest BCUT2D eigenvalue weighted by molar-refractivity contribution is -0.138. The van der Waals surface area contributed by atoms with E-state index in [4.69, 9.17) is 4.74 Å². The van der Waals surface area contributed by atoms with Gasteiger partial charge in [0.05, 0.1) is 16.7 Å². The van der Waals surface area contributed by atoms with Crippen molar-refractivity contribution in [1.82, 2.24) is 9.80 Å². The zero-order valence-electron chi connectivity index (χ0n) is 15.1. The van der Waals surface area contributed by atoms with Crippen LogP contribution < -0.4 is 0 Å². The topological polar surface area (TPSA) is 84.0 Å². The Morgan fingerprint density at radius 1 is 0.963 bits per heavy atom. The zero-order chi connectivity index (χ0) is 19.7. The summed E-state index contributed by atoms with van der Waals surface area (Å²) in [6.45, 7) is 0. The average molecular weight is 366 g/mol. The molecular formula is C20H18N2O5. The molecule has 138 valence electrons. The van der Waals surface area contributed by atoms with Crippen LogP contribution >= 0.6 is 0 Å². The van der Waals surface area contributed by atoms with Crippen molar-refractivity contribution in [2.75, 3.05) is 21.1 Å². The van der Waals surface area contributed by atoms with Crippen LogP contribution in [0.1, 0.15) is 42.7 Å². The van der Waals surface area contributed by atoms with Crippen molar-refractivity contribution >= 4 is 23.7 Å². The fraction of sp³-hybridized carbons (Fsp3) is 0.200. The van der Waals surface area contributed by atoms with Crippen LogP contribution in [0.25, 0.3) is 0 Å². The Morgan fingerprint density at radius 3 is 2.22 bits per heavy atom. The molecule has 0 fully saturated rings. The molecule has 0 unspecified atom stereocenters. The maximum atomic E-state index is 12.6. The van der Waals surface area contributed by atoms with Crippen molar-refractivity contribution in [1.29, 1.82) is 0 Å². The van der Waals surface area contributed by atoms with Crippen LogP contribution in [-0.2, 0) is 9.53 Å². The second-order valence-electron chi connectivity index (χ2n) is 6.36. The molecule has 7 nitrogen and oxygen atoms in total. The van der Waals surface area contributed by atoms with Crippen molar-refractivity contribution in [3.05, 3.63) is 70.8 Å². The third kappa shape index (κ3) is 3.31. The third-order valence-electron chi connectivity index (χ3n) is 4.32. The predicted molar refractivity (Wildman–Crippen MR) is 96.2 cm³/mol. The molecule has 0 spiro atoms. The number of amides is 3.